The Morgan fingerprint density at radius 2 is 1.90 bits per heavy atom. The summed E-state index contributed by atoms with van der Waals surface area (Å²) < 4.78 is 40.2. The van der Waals surface area contributed by atoms with E-state index in [1.54, 1.807) is 11.8 Å². The lowest BCUT2D eigenvalue weighted by Crippen LogP contribution is -2.65. The lowest BCUT2D eigenvalue weighted by Gasteiger charge is -2.40. The molecule has 2 amide bonds. The highest BCUT2D eigenvalue weighted by Gasteiger charge is 2.48. The molecule has 9 heteroatoms. The molecule has 0 saturated carbocycles. The van der Waals surface area contributed by atoms with E-state index in [0.717, 1.165) is 17.7 Å². The summed E-state index contributed by atoms with van der Waals surface area (Å²) in [6, 6.07) is 10.9. The third-order valence-electron chi connectivity index (χ3n) is 5.61. The van der Waals surface area contributed by atoms with Gasteiger partial charge in [-0.15, -0.1) is 0 Å². The number of primary amides is 1. The minimum atomic E-state index is -4.55. The minimum Gasteiger partial charge on any atom is -0.368 e. The number of rotatable bonds is 4. The van der Waals surface area contributed by atoms with Crippen molar-refractivity contribution in [1.82, 2.24) is 5.32 Å². The summed E-state index contributed by atoms with van der Waals surface area (Å²) >= 11 is 0. The SMILES string of the molecule is C[C@H]1NC[C@H]2N(C1=O)c1ccc(C(F)(F)F)cc1N2[C@@H](Cc1ccccc1)C(N)=O. The Morgan fingerprint density at radius 1 is 1.20 bits per heavy atom. The van der Waals surface area contributed by atoms with Gasteiger partial charge in [-0.1, -0.05) is 30.3 Å². The van der Waals surface area contributed by atoms with Crippen LogP contribution in [0.15, 0.2) is 48.5 Å². The average Bonchev–Trinajstić information content (AvgIpc) is 3.03. The number of hydrogen-bond acceptors (Lipinski definition) is 4. The number of amides is 2. The molecule has 158 valence electrons. The molecule has 2 aromatic carbocycles. The fourth-order valence-electron chi connectivity index (χ4n) is 4.14. The van der Waals surface area contributed by atoms with Crippen LogP contribution in [0.5, 0.6) is 0 Å². The smallest absolute Gasteiger partial charge is 0.368 e. The second kappa shape index (κ2) is 7.32. The molecular weight excluding hydrogens is 397 g/mol. The van der Waals surface area contributed by atoms with E-state index in [9.17, 15) is 22.8 Å². The van der Waals surface area contributed by atoms with Crippen molar-refractivity contribution in [2.75, 3.05) is 16.3 Å². The van der Waals surface area contributed by atoms with Crippen molar-refractivity contribution in [2.24, 2.45) is 5.73 Å². The van der Waals surface area contributed by atoms with Crippen molar-refractivity contribution >= 4 is 23.2 Å². The zero-order valence-electron chi connectivity index (χ0n) is 16.2. The Bertz CT molecular complexity index is 980. The Hall–Kier alpha value is -3.07. The molecular formula is C21H21F3N4O2. The first kappa shape index (κ1) is 20.2. The van der Waals surface area contributed by atoms with Crippen molar-refractivity contribution in [1.29, 1.82) is 0 Å². The third-order valence-corrected chi connectivity index (χ3v) is 5.61. The van der Waals surface area contributed by atoms with Gasteiger partial charge in [-0.2, -0.15) is 13.2 Å². The summed E-state index contributed by atoms with van der Waals surface area (Å²) in [6.45, 7) is 1.99. The lowest BCUT2D eigenvalue weighted by atomic mass is 10.0. The Morgan fingerprint density at radius 3 is 2.53 bits per heavy atom. The van der Waals surface area contributed by atoms with Gasteiger partial charge in [0.1, 0.15) is 12.2 Å². The van der Waals surface area contributed by atoms with E-state index in [0.29, 0.717) is 12.2 Å². The fraction of sp³-hybridized carbons (Fsp3) is 0.333. The highest BCUT2D eigenvalue weighted by atomic mass is 19.4. The number of anilines is 2. The summed E-state index contributed by atoms with van der Waals surface area (Å²) in [6.07, 6.45) is -4.99. The van der Waals surface area contributed by atoms with Crippen LogP contribution < -0.4 is 20.9 Å². The van der Waals surface area contributed by atoms with Gasteiger partial charge in [-0.25, -0.2) is 0 Å². The summed E-state index contributed by atoms with van der Waals surface area (Å²) in [7, 11) is 0. The molecule has 1 saturated heterocycles. The number of nitrogens with zero attached hydrogens (tertiary/aromatic N) is 2. The summed E-state index contributed by atoms with van der Waals surface area (Å²) in [4.78, 5) is 28.3. The molecule has 0 unspecified atom stereocenters. The van der Waals surface area contributed by atoms with E-state index in [2.05, 4.69) is 5.32 Å². The largest absolute Gasteiger partial charge is 0.416 e. The standard InChI is InChI=1S/C21H21F3N4O2/c1-12-20(30)28-15-8-7-14(21(22,23)24)10-16(15)27(18(28)11-26-12)17(19(25)29)9-13-5-3-2-4-6-13/h2-8,10,12,17-18,26H,9,11H2,1H3,(H2,25,29)/t12-,17+,18-/m1/s1. The van der Waals surface area contributed by atoms with E-state index >= 15 is 0 Å². The number of piperazine rings is 1. The molecule has 2 aromatic rings. The number of hydrogen-bond donors (Lipinski definition) is 2. The van der Waals surface area contributed by atoms with E-state index in [-0.39, 0.29) is 18.0 Å². The minimum absolute atomic E-state index is 0.179. The van der Waals surface area contributed by atoms with Crippen molar-refractivity contribution in [3.63, 3.8) is 0 Å². The van der Waals surface area contributed by atoms with Crippen LogP contribution in [0.4, 0.5) is 24.5 Å². The highest BCUT2D eigenvalue weighted by Crippen LogP contribution is 2.45. The summed E-state index contributed by atoms with van der Waals surface area (Å²) in [5.74, 6) is -0.937. The Labute approximate surface area is 171 Å². The van der Waals surface area contributed by atoms with Gasteiger partial charge in [0.05, 0.1) is 23.0 Å². The number of halogens is 3. The molecule has 3 N–H and O–H groups in total. The van der Waals surface area contributed by atoms with Gasteiger partial charge in [0.25, 0.3) is 0 Å². The van der Waals surface area contributed by atoms with Crippen molar-refractivity contribution < 1.29 is 22.8 Å². The van der Waals surface area contributed by atoms with E-state index in [1.165, 1.54) is 11.0 Å². The highest BCUT2D eigenvalue weighted by molar-refractivity contribution is 6.05. The van der Waals surface area contributed by atoms with Crippen LogP contribution in [0.2, 0.25) is 0 Å². The van der Waals surface area contributed by atoms with E-state index in [1.807, 2.05) is 30.3 Å². The number of carbonyl (C=O) groups excluding carboxylic acids is 2. The number of alkyl halides is 3. The van der Waals surface area contributed by atoms with Gasteiger partial charge in [-0.3, -0.25) is 14.5 Å². The number of nitrogens with one attached hydrogen (secondary N) is 1. The molecule has 4 rings (SSSR count). The molecule has 2 aliphatic rings. The molecule has 0 aliphatic carbocycles. The van der Waals surface area contributed by atoms with Crippen LogP contribution in [-0.2, 0) is 22.2 Å². The molecule has 0 radical (unpaired) electrons. The predicted molar refractivity (Wildman–Crippen MR) is 106 cm³/mol. The van der Waals surface area contributed by atoms with E-state index < -0.39 is 35.9 Å². The number of nitrogens with two attached hydrogens (primary N) is 1. The maximum Gasteiger partial charge on any atom is 0.416 e. The molecule has 0 aromatic heterocycles. The third kappa shape index (κ3) is 3.39. The maximum absolute atomic E-state index is 13.4. The molecule has 0 spiro atoms. The molecule has 0 bridgehead atoms. The van der Waals surface area contributed by atoms with Gasteiger partial charge in [0, 0.05) is 13.0 Å². The van der Waals surface area contributed by atoms with Gasteiger partial charge in [0.15, 0.2) is 0 Å². The van der Waals surface area contributed by atoms with Crippen LogP contribution in [0.1, 0.15) is 18.1 Å². The fourth-order valence-corrected chi connectivity index (χ4v) is 4.14. The normalized spacial score (nSPS) is 21.9. The van der Waals surface area contributed by atoms with Gasteiger partial charge >= 0.3 is 6.18 Å². The van der Waals surface area contributed by atoms with E-state index in [4.69, 9.17) is 5.73 Å². The molecule has 30 heavy (non-hydrogen) atoms. The molecule has 6 nitrogen and oxygen atoms in total. The van der Waals surface area contributed by atoms with Crippen molar-refractivity contribution in [3.05, 3.63) is 59.7 Å². The second-order valence-corrected chi connectivity index (χ2v) is 7.54. The zero-order valence-corrected chi connectivity index (χ0v) is 16.2. The van der Waals surface area contributed by atoms with Crippen molar-refractivity contribution in [2.45, 2.75) is 37.8 Å². The molecule has 3 atom stereocenters. The summed E-state index contributed by atoms with van der Waals surface area (Å²) in [5.41, 5.74) is 6.21. The van der Waals surface area contributed by atoms with Gasteiger partial charge in [-0.05, 0) is 30.7 Å². The Kier molecular flexibility index (Phi) is 4.93. The van der Waals surface area contributed by atoms with Crippen LogP contribution >= 0.6 is 0 Å². The molecule has 2 aliphatic heterocycles. The zero-order chi connectivity index (χ0) is 21.6. The lowest BCUT2D eigenvalue weighted by molar-refractivity contribution is -0.137. The number of fused-ring (bicyclic) bond motifs is 3. The van der Waals surface area contributed by atoms with Crippen molar-refractivity contribution in [3.8, 4) is 0 Å². The monoisotopic (exact) mass is 418 g/mol. The first-order chi connectivity index (χ1) is 14.2. The second-order valence-electron chi connectivity index (χ2n) is 7.54. The van der Waals surface area contributed by atoms with Crippen LogP contribution in [-0.4, -0.2) is 36.6 Å². The molecule has 1 fully saturated rings. The summed E-state index contributed by atoms with van der Waals surface area (Å²) in [5, 5.41) is 3.06. The average molecular weight is 418 g/mol. The van der Waals surface area contributed by atoms with Gasteiger partial charge < -0.3 is 16.0 Å². The quantitative estimate of drug-likeness (QED) is 0.799. The topological polar surface area (TPSA) is 78.7 Å². The molecule has 2 heterocycles. The predicted octanol–water partition coefficient (Wildman–Crippen LogP) is 2.27. The maximum atomic E-state index is 13.4. The Balaban J connectivity index is 1.83. The van der Waals surface area contributed by atoms with Crippen LogP contribution in [0.25, 0.3) is 0 Å². The van der Waals surface area contributed by atoms with Crippen LogP contribution in [0, 0.1) is 0 Å². The first-order valence-corrected chi connectivity index (χ1v) is 9.57. The van der Waals surface area contributed by atoms with Crippen LogP contribution in [0.3, 0.4) is 0 Å². The first-order valence-electron chi connectivity index (χ1n) is 9.57. The van der Waals surface area contributed by atoms with Gasteiger partial charge in [0.2, 0.25) is 11.8 Å². The number of benzene rings is 2. The number of carbonyl (C=O) groups is 2.